The van der Waals surface area contributed by atoms with Gasteiger partial charge in [0.1, 0.15) is 6.54 Å². The SMILES string of the molecule is CN(CC1CC(O)C1)C(=O)C(=O)NCC#N. The molecule has 1 aliphatic rings. The van der Waals surface area contributed by atoms with Crippen molar-refractivity contribution in [1.82, 2.24) is 10.2 Å². The van der Waals surface area contributed by atoms with Crippen molar-refractivity contribution < 1.29 is 14.7 Å². The lowest BCUT2D eigenvalue weighted by Crippen LogP contribution is -2.45. The molecule has 0 spiro atoms. The number of carbonyl (C=O) groups is 2. The first kappa shape index (κ1) is 12.5. The first-order valence-corrected chi connectivity index (χ1v) is 5.13. The van der Waals surface area contributed by atoms with Gasteiger partial charge in [-0.25, -0.2) is 0 Å². The molecular formula is C10H15N3O3. The third kappa shape index (κ3) is 3.21. The van der Waals surface area contributed by atoms with Crippen LogP contribution in [0.25, 0.3) is 0 Å². The van der Waals surface area contributed by atoms with Gasteiger partial charge in [-0.3, -0.25) is 9.59 Å². The van der Waals surface area contributed by atoms with Crippen molar-refractivity contribution in [2.45, 2.75) is 18.9 Å². The van der Waals surface area contributed by atoms with Crippen LogP contribution in [-0.4, -0.2) is 48.1 Å². The van der Waals surface area contributed by atoms with E-state index < -0.39 is 11.8 Å². The van der Waals surface area contributed by atoms with Crippen LogP contribution < -0.4 is 5.32 Å². The highest BCUT2D eigenvalue weighted by molar-refractivity contribution is 6.34. The van der Waals surface area contributed by atoms with Gasteiger partial charge in [-0.1, -0.05) is 0 Å². The Balaban J connectivity index is 2.30. The molecule has 88 valence electrons. The molecule has 0 aliphatic heterocycles. The van der Waals surface area contributed by atoms with Crippen molar-refractivity contribution in [3.8, 4) is 6.07 Å². The molecule has 0 aromatic carbocycles. The minimum Gasteiger partial charge on any atom is -0.393 e. The van der Waals surface area contributed by atoms with Gasteiger partial charge in [0.15, 0.2) is 0 Å². The summed E-state index contributed by atoms with van der Waals surface area (Å²) >= 11 is 0. The van der Waals surface area contributed by atoms with Gasteiger partial charge in [0, 0.05) is 13.6 Å². The normalized spacial score (nSPS) is 22.8. The fraction of sp³-hybridized carbons (Fsp3) is 0.700. The molecule has 0 aromatic heterocycles. The molecule has 0 unspecified atom stereocenters. The summed E-state index contributed by atoms with van der Waals surface area (Å²) in [5.74, 6) is -1.13. The van der Waals surface area contributed by atoms with E-state index in [0.29, 0.717) is 19.4 Å². The number of nitrogens with zero attached hydrogens (tertiary/aromatic N) is 2. The number of rotatable bonds is 3. The second kappa shape index (κ2) is 5.47. The average Bonchev–Trinajstić information content (AvgIpc) is 2.22. The van der Waals surface area contributed by atoms with Crippen molar-refractivity contribution in [2.24, 2.45) is 5.92 Å². The van der Waals surface area contributed by atoms with E-state index >= 15 is 0 Å². The molecule has 2 amide bonds. The van der Waals surface area contributed by atoms with Crippen LogP contribution in [0.1, 0.15) is 12.8 Å². The Morgan fingerprint density at radius 3 is 2.69 bits per heavy atom. The van der Waals surface area contributed by atoms with Crippen molar-refractivity contribution in [3.63, 3.8) is 0 Å². The number of likely N-dealkylation sites (N-methyl/N-ethyl adjacent to an activating group) is 1. The second-order valence-electron chi connectivity index (χ2n) is 4.02. The number of nitriles is 1. The molecule has 0 atom stereocenters. The van der Waals surface area contributed by atoms with Crippen LogP contribution in [0, 0.1) is 17.2 Å². The Kier molecular flexibility index (Phi) is 4.26. The molecule has 1 aliphatic carbocycles. The Morgan fingerprint density at radius 1 is 1.56 bits per heavy atom. The molecular weight excluding hydrogens is 210 g/mol. The van der Waals surface area contributed by atoms with Gasteiger partial charge in [0.25, 0.3) is 0 Å². The van der Waals surface area contributed by atoms with Gasteiger partial charge in [-0.05, 0) is 18.8 Å². The number of hydrogen-bond acceptors (Lipinski definition) is 4. The number of aliphatic hydroxyl groups is 1. The van der Waals surface area contributed by atoms with Crippen molar-refractivity contribution >= 4 is 11.8 Å². The van der Waals surface area contributed by atoms with Gasteiger partial charge < -0.3 is 15.3 Å². The monoisotopic (exact) mass is 225 g/mol. The van der Waals surface area contributed by atoms with Crippen molar-refractivity contribution in [2.75, 3.05) is 20.1 Å². The van der Waals surface area contributed by atoms with E-state index in [9.17, 15) is 9.59 Å². The predicted octanol–water partition coefficient (Wildman–Crippen LogP) is -1.14. The van der Waals surface area contributed by atoms with Crippen molar-refractivity contribution in [3.05, 3.63) is 0 Å². The summed E-state index contributed by atoms with van der Waals surface area (Å²) in [4.78, 5) is 24.0. The fourth-order valence-electron chi connectivity index (χ4n) is 1.69. The summed E-state index contributed by atoms with van der Waals surface area (Å²) in [6, 6.07) is 1.73. The number of carbonyl (C=O) groups excluding carboxylic acids is 2. The highest BCUT2D eigenvalue weighted by atomic mass is 16.3. The summed E-state index contributed by atoms with van der Waals surface area (Å²) in [5.41, 5.74) is 0. The molecule has 1 fully saturated rings. The number of amides is 2. The molecule has 0 aromatic rings. The molecule has 1 rings (SSSR count). The van der Waals surface area contributed by atoms with Crippen LogP contribution in [0.3, 0.4) is 0 Å². The summed E-state index contributed by atoms with van der Waals surface area (Å²) in [6.45, 7) is 0.302. The summed E-state index contributed by atoms with van der Waals surface area (Å²) in [7, 11) is 1.54. The number of hydrogen-bond donors (Lipinski definition) is 2. The van der Waals surface area contributed by atoms with Crippen LogP contribution in [0.5, 0.6) is 0 Å². The lowest BCUT2D eigenvalue weighted by Gasteiger charge is -2.34. The quantitative estimate of drug-likeness (QED) is 0.469. The minimum atomic E-state index is -0.760. The zero-order valence-corrected chi connectivity index (χ0v) is 9.14. The number of aliphatic hydroxyl groups excluding tert-OH is 1. The molecule has 6 nitrogen and oxygen atoms in total. The molecule has 1 saturated carbocycles. The topological polar surface area (TPSA) is 93.4 Å². The summed E-state index contributed by atoms with van der Waals surface area (Å²) < 4.78 is 0. The maximum absolute atomic E-state index is 11.4. The van der Waals surface area contributed by atoms with E-state index in [1.165, 1.54) is 4.90 Å². The Bertz CT molecular complexity index is 318. The maximum atomic E-state index is 11.4. The molecule has 2 N–H and O–H groups in total. The fourth-order valence-corrected chi connectivity index (χ4v) is 1.69. The third-order valence-corrected chi connectivity index (χ3v) is 2.61. The van der Waals surface area contributed by atoms with Crippen LogP contribution in [-0.2, 0) is 9.59 Å². The average molecular weight is 225 g/mol. The Hall–Kier alpha value is -1.61. The molecule has 16 heavy (non-hydrogen) atoms. The van der Waals surface area contributed by atoms with E-state index in [-0.39, 0.29) is 18.6 Å². The molecule has 0 saturated heterocycles. The standard InChI is InChI=1S/C10H15N3O3/c1-13(6-7-4-8(14)5-7)10(16)9(15)12-3-2-11/h7-8,14H,3-6H2,1H3,(H,12,15). The maximum Gasteiger partial charge on any atom is 0.311 e. The second-order valence-corrected chi connectivity index (χ2v) is 4.02. The molecule has 0 radical (unpaired) electrons. The smallest absolute Gasteiger partial charge is 0.311 e. The van der Waals surface area contributed by atoms with Gasteiger partial charge >= 0.3 is 11.8 Å². The van der Waals surface area contributed by atoms with Gasteiger partial charge in [-0.2, -0.15) is 5.26 Å². The van der Waals surface area contributed by atoms with E-state index in [1.807, 2.05) is 0 Å². The summed E-state index contributed by atoms with van der Waals surface area (Å²) in [5, 5.41) is 19.5. The van der Waals surface area contributed by atoms with Crippen LogP contribution in [0.4, 0.5) is 0 Å². The van der Waals surface area contributed by atoms with Crippen LogP contribution >= 0.6 is 0 Å². The lowest BCUT2D eigenvalue weighted by molar-refractivity contribution is -0.145. The van der Waals surface area contributed by atoms with Crippen LogP contribution in [0.15, 0.2) is 0 Å². The Labute approximate surface area is 93.8 Å². The largest absolute Gasteiger partial charge is 0.393 e. The van der Waals surface area contributed by atoms with Crippen molar-refractivity contribution in [1.29, 1.82) is 5.26 Å². The lowest BCUT2D eigenvalue weighted by atomic mass is 9.82. The zero-order chi connectivity index (χ0) is 12.1. The highest BCUT2D eigenvalue weighted by Gasteiger charge is 2.30. The van der Waals surface area contributed by atoms with E-state index in [1.54, 1.807) is 13.1 Å². The predicted molar refractivity (Wildman–Crippen MR) is 55.0 cm³/mol. The van der Waals surface area contributed by atoms with E-state index in [4.69, 9.17) is 10.4 Å². The Morgan fingerprint density at radius 2 is 2.19 bits per heavy atom. The first-order chi connectivity index (χ1) is 7.54. The van der Waals surface area contributed by atoms with E-state index in [0.717, 1.165) is 0 Å². The zero-order valence-electron chi connectivity index (χ0n) is 9.14. The van der Waals surface area contributed by atoms with Gasteiger partial charge in [0.2, 0.25) is 0 Å². The minimum absolute atomic E-state index is 0.166. The third-order valence-electron chi connectivity index (χ3n) is 2.61. The van der Waals surface area contributed by atoms with Crippen LogP contribution in [0.2, 0.25) is 0 Å². The number of nitrogens with one attached hydrogen (secondary N) is 1. The highest BCUT2D eigenvalue weighted by Crippen LogP contribution is 2.27. The van der Waals surface area contributed by atoms with Gasteiger partial charge in [0.05, 0.1) is 12.2 Å². The first-order valence-electron chi connectivity index (χ1n) is 5.13. The molecule has 6 heteroatoms. The summed E-state index contributed by atoms with van der Waals surface area (Å²) in [6.07, 6.45) is 1.09. The molecule has 0 bridgehead atoms. The van der Waals surface area contributed by atoms with Gasteiger partial charge in [-0.15, -0.1) is 0 Å². The molecule has 0 heterocycles. The van der Waals surface area contributed by atoms with E-state index in [2.05, 4.69) is 5.32 Å².